The van der Waals surface area contributed by atoms with Crippen LogP contribution >= 0.6 is 15.9 Å². The highest BCUT2D eigenvalue weighted by Gasteiger charge is 2.39. The van der Waals surface area contributed by atoms with Gasteiger partial charge in [0.1, 0.15) is 0 Å². The standard InChI is InChI=1S/C17H25BrN2/c1-11(19)16-9-15(18)5-6-17(16)20(2)10-14-8-12-3-4-13(14)7-12/h5-6,9,11-14H,3-4,7-8,10,19H2,1-2H3. The van der Waals surface area contributed by atoms with Gasteiger partial charge in [-0.05, 0) is 67.7 Å². The van der Waals surface area contributed by atoms with Crippen LogP contribution in [0.15, 0.2) is 22.7 Å². The van der Waals surface area contributed by atoms with E-state index in [4.69, 9.17) is 5.73 Å². The SMILES string of the molecule is CC(N)c1cc(Br)ccc1N(C)CC1CC2CCC1C2. The van der Waals surface area contributed by atoms with Gasteiger partial charge in [-0.15, -0.1) is 0 Å². The molecule has 2 fully saturated rings. The molecule has 0 heterocycles. The molecule has 2 saturated carbocycles. The zero-order chi connectivity index (χ0) is 14.3. The molecule has 0 spiro atoms. The van der Waals surface area contributed by atoms with E-state index in [1.807, 2.05) is 0 Å². The van der Waals surface area contributed by atoms with Crippen LogP contribution in [0.3, 0.4) is 0 Å². The molecule has 0 radical (unpaired) electrons. The van der Waals surface area contributed by atoms with Gasteiger partial charge in [-0.3, -0.25) is 0 Å². The van der Waals surface area contributed by atoms with Crippen molar-refractivity contribution in [3.05, 3.63) is 28.2 Å². The van der Waals surface area contributed by atoms with Crippen LogP contribution in [-0.2, 0) is 0 Å². The largest absolute Gasteiger partial charge is 0.374 e. The van der Waals surface area contributed by atoms with E-state index in [0.717, 1.165) is 22.2 Å². The highest BCUT2D eigenvalue weighted by Crippen LogP contribution is 2.48. The topological polar surface area (TPSA) is 29.3 Å². The van der Waals surface area contributed by atoms with Crippen molar-refractivity contribution in [2.24, 2.45) is 23.5 Å². The molecule has 4 atom stereocenters. The van der Waals surface area contributed by atoms with Crippen molar-refractivity contribution in [3.63, 3.8) is 0 Å². The second-order valence-corrected chi connectivity index (χ2v) is 7.72. The fraction of sp³-hybridized carbons (Fsp3) is 0.647. The van der Waals surface area contributed by atoms with E-state index in [2.05, 4.69) is 53.0 Å². The zero-order valence-electron chi connectivity index (χ0n) is 12.5. The summed E-state index contributed by atoms with van der Waals surface area (Å²) in [6.45, 7) is 3.25. The Bertz CT molecular complexity index is 486. The van der Waals surface area contributed by atoms with Gasteiger partial charge in [0.25, 0.3) is 0 Å². The average molecular weight is 337 g/mol. The summed E-state index contributed by atoms with van der Waals surface area (Å²) >= 11 is 3.55. The van der Waals surface area contributed by atoms with Crippen LogP contribution in [-0.4, -0.2) is 13.6 Å². The van der Waals surface area contributed by atoms with Gasteiger partial charge in [0, 0.05) is 29.8 Å². The third kappa shape index (κ3) is 2.75. The molecule has 4 unspecified atom stereocenters. The number of anilines is 1. The molecule has 0 aliphatic heterocycles. The first kappa shape index (κ1) is 14.4. The Balaban J connectivity index is 1.75. The van der Waals surface area contributed by atoms with Gasteiger partial charge in [0.15, 0.2) is 0 Å². The molecule has 0 amide bonds. The van der Waals surface area contributed by atoms with Crippen LogP contribution in [0.5, 0.6) is 0 Å². The first-order valence-corrected chi connectivity index (χ1v) is 8.60. The van der Waals surface area contributed by atoms with E-state index < -0.39 is 0 Å². The molecule has 2 bridgehead atoms. The Morgan fingerprint density at radius 3 is 2.75 bits per heavy atom. The van der Waals surface area contributed by atoms with E-state index >= 15 is 0 Å². The Labute approximate surface area is 130 Å². The van der Waals surface area contributed by atoms with E-state index in [1.54, 1.807) is 0 Å². The van der Waals surface area contributed by atoms with E-state index in [-0.39, 0.29) is 6.04 Å². The monoisotopic (exact) mass is 336 g/mol. The average Bonchev–Trinajstić information content (AvgIpc) is 3.00. The molecule has 2 N–H and O–H groups in total. The van der Waals surface area contributed by atoms with Gasteiger partial charge in [-0.1, -0.05) is 22.4 Å². The molecule has 1 aromatic rings. The third-order valence-corrected chi connectivity index (χ3v) is 5.78. The Kier molecular flexibility index (Phi) is 4.09. The van der Waals surface area contributed by atoms with Crippen LogP contribution in [0.2, 0.25) is 0 Å². The Hall–Kier alpha value is -0.540. The Morgan fingerprint density at radius 2 is 2.15 bits per heavy atom. The lowest BCUT2D eigenvalue weighted by Gasteiger charge is -2.30. The van der Waals surface area contributed by atoms with Crippen molar-refractivity contribution in [2.75, 3.05) is 18.5 Å². The lowest BCUT2D eigenvalue weighted by molar-refractivity contribution is 0.337. The minimum absolute atomic E-state index is 0.0741. The van der Waals surface area contributed by atoms with Crippen molar-refractivity contribution in [1.82, 2.24) is 0 Å². The highest BCUT2D eigenvalue weighted by molar-refractivity contribution is 9.10. The van der Waals surface area contributed by atoms with Crippen LogP contribution in [0.25, 0.3) is 0 Å². The van der Waals surface area contributed by atoms with Crippen molar-refractivity contribution in [2.45, 2.75) is 38.6 Å². The van der Waals surface area contributed by atoms with Crippen LogP contribution in [0.4, 0.5) is 5.69 Å². The fourth-order valence-electron chi connectivity index (χ4n) is 4.29. The lowest BCUT2D eigenvalue weighted by atomic mass is 9.88. The maximum atomic E-state index is 6.14. The molecular weight excluding hydrogens is 312 g/mol. The first-order valence-electron chi connectivity index (χ1n) is 7.80. The second-order valence-electron chi connectivity index (χ2n) is 6.81. The normalized spacial score (nSPS) is 29.7. The molecule has 3 heteroatoms. The van der Waals surface area contributed by atoms with Crippen molar-refractivity contribution < 1.29 is 0 Å². The van der Waals surface area contributed by atoms with Gasteiger partial charge >= 0.3 is 0 Å². The van der Waals surface area contributed by atoms with E-state index in [1.165, 1.54) is 43.5 Å². The second kappa shape index (κ2) is 5.69. The van der Waals surface area contributed by atoms with Gasteiger partial charge in [0.05, 0.1) is 0 Å². The highest BCUT2D eigenvalue weighted by atomic mass is 79.9. The molecule has 2 aliphatic rings. The molecule has 110 valence electrons. The molecule has 3 rings (SSSR count). The van der Waals surface area contributed by atoms with Crippen LogP contribution in [0, 0.1) is 17.8 Å². The molecular formula is C17H25BrN2. The molecule has 2 aliphatic carbocycles. The summed E-state index contributed by atoms with van der Waals surface area (Å²) in [5.74, 6) is 2.90. The van der Waals surface area contributed by atoms with Gasteiger partial charge < -0.3 is 10.6 Å². The summed E-state index contributed by atoms with van der Waals surface area (Å²) in [4.78, 5) is 2.43. The molecule has 0 aromatic heterocycles. The minimum Gasteiger partial charge on any atom is -0.374 e. The smallest absolute Gasteiger partial charge is 0.0412 e. The van der Waals surface area contributed by atoms with Gasteiger partial charge in [0.2, 0.25) is 0 Å². The minimum atomic E-state index is 0.0741. The molecule has 0 saturated heterocycles. The summed E-state index contributed by atoms with van der Waals surface area (Å²) in [5.41, 5.74) is 8.68. The maximum absolute atomic E-state index is 6.14. The Morgan fingerprint density at radius 1 is 1.35 bits per heavy atom. The summed E-state index contributed by atoms with van der Waals surface area (Å²) in [5, 5.41) is 0. The van der Waals surface area contributed by atoms with Gasteiger partial charge in [-0.2, -0.15) is 0 Å². The van der Waals surface area contributed by atoms with Crippen molar-refractivity contribution >= 4 is 21.6 Å². The number of fused-ring (bicyclic) bond motifs is 2. The number of nitrogens with two attached hydrogens (primary N) is 1. The number of benzene rings is 1. The number of hydrogen-bond donors (Lipinski definition) is 1. The number of nitrogens with zero attached hydrogens (tertiary/aromatic N) is 1. The summed E-state index contributed by atoms with van der Waals surface area (Å²) in [7, 11) is 2.22. The zero-order valence-corrected chi connectivity index (χ0v) is 14.1. The molecule has 1 aromatic carbocycles. The third-order valence-electron chi connectivity index (χ3n) is 5.28. The van der Waals surface area contributed by atoms with Crippen molar-refractivity contribution in [3.8, 4) is 0 Å². The molecule has 20 heavy (non-hydrogen) atoms. The van der Waals surface area contributed by atoms with Gasteiger partial charge in [-0.25, -0.2) is 0 Å². The molecule has 2 nitrogen and oxygen atoms in total. The van der Waals surface area contributed by atoms with E-state index in [0.29, 0.717) is 0 Å². The number of hydrogen-bond acceptors (Lipinski definition) is 2. The van der Waals surface area contributed by atoms with Crippen LogP contribution in [0.1, 0.15) is 44.2 Å². The lowest BCUT2D eigenvalue weighted by Crippen LogP contribution is -2.29. The van der Waals surface area contributed by atoms with Crippen LogP contribution < -0.4 is 10.6 Å². The van der Waals surface area contributed by atoms with E-state index in [9.17, 15) is 0 Å². The number of halogens is 1. The van der Waals surface area contributed by atoms with Crippen molar-refractivity contribution in [1.29, 1.82) is 0 Å². The predicted octanol–water partition coefficient (Wildman–Crippen LogP) is 4.34. The summed E-state index contributed by atoms with van der Waals surface area (Å²) in [6, 6.07) is 6.57. The predicted molar refractivity (Wildman–Crippen MR) is 89.0 cm³/mol. The summed E-state index contributed by atoms with van der Waals surface area (Å²) < 4.78 is 1.11. The summed E-state index contributed by atoms with van der Waals surface area (Å²) in [6.07, 6.45) is 5.87. The first-order chi connectivity index (χ1) is 9.54. The fourth-order valence-corrected chi connectivity index (χ4v) is 4.67. The quantitative estimate of drug-likeness (QED) is 0.885. The maximum Gasteiger partial charge on any atom is 0.0412 e. The number of rotatable bonds is 4.